The average Bonchev–Trinajstić information content (AvgIpc) is 2.30. The molecular weight excluding hydrogens is 206 g/mol. The van der Waals surface area contributed by atoms with Crippen LogP contribution in [0.5, 0.6) is 0 Å². The Labute approximate surface area is 94.6 Å². The lowest BCUT2D eigenvalue weighted by Crippen LogP contribution is -2.50. The number of esters is 1. The Morgan fingerprint density at radius 3 is 2.81 bits per heavy atom. The molecule has 0 amide bonds. The van der Waals surface area contributed by atoms with Crippen molar-refractivity contribution in [3.05, 3.63) is 35.9 Å². The molecule has 1 heterocycles. The van der Waals surface area contributed by atoms with Crippen molar-refractivity contribution in [3.8, 4) is 0 Å². The molecule has 0 aromatic heterocycles. The number of rotatable bonds is 2. The predicted octanol–water partition coefficient (Wildman–Crippen LogP) is 1.18. The van der Waals surface area contributed by atoms with Crippen LogP contribution in [0.3, 0.4) is 0 Å². The molecule has 0 spiro atoms. The van der Waals surface area contributed by atoms with Crippen molar-refractivity contribution in [1.82, 2.24) is 5.32 Å². The van der Waals surface area contributed by atoms with Crippen molar-refractivity contribution in [2.75, 3.05) is 19.7 Å². The van der Waals surface area contributed by atoms with Crippen molar-refractivity contribution in [2.24, 2.45) is 0 Å². The molecular formula is C12H15NO3. The average molecular weight is 221 g/mol. The molecule has 0 aliphatic carbocycles. The Morgan fingerprint density at radius 1 is 1.44 bits per heavy atom. The summed E-state index contributed by atoms with van der Waals surface area (Å²) in [7, 11) is 0. The van der Waals surface area contributed by atoms with Crippen LogP contribution in [0.4, 0.5) is 0 Å². The molecule has 1 aliphatic heterocycles. The maximum Gasteiger partial charge on any atom is 0.340 e. The predicted molar refractivity (Wildman–Crippen MR) is 59.1 cm³/mol. The fourth-order valence-corrected chi connectivity index (χ4v) is 1.60. The monoisotopic (exact) mass is 221 g/mol. The summed E-state index contributed by atoms with van der Waals surface area (Å²) in [5, 5.41) is 3.13. The van der Waals surface area contributed by atoms with E-state index in [0.29, 0.717) is 18.7 Å². The van der Waals surface area contributed by atoms with Crippen LogP contribution in [-0.4, -0.2) is 31.5 Å². The fourth-order valence-electron chi connectivity index (χ4n) is 1.60. The van der Waals surface area contributed by atoms with E-state index >= 15 is 0 Å². The third-order valence-corrected chi connectivity index (χ3v) is 2.45. The van der Waals surface area contributed by atoms with Crippen LogP contribution in [0.2, 0.25) is 0 Å². The van der Waals surface area contributed by atoms with Gasteiger partial charge in [0.2, 0.25) is 5.79 Å². The largest absolute Gasteiger partial charge is 0.428 e. The molecule has 0 saturated carbocycles. The maximum absolute atomic E-state index is 11.8. The molecule has 4 heteroatoms. The minimum absolute atomic E-state index is 0.355. The van der Waals surface area contributed by atoms with E-state index in [-0.39, 0.29) is 5.97 Å². The van der Waals surface area contributed by atoms with Gasteiger partial charge in [0.25, 0.3) is 0 Å². The maximum atomic E-state index is 11.8. The van der Waals surface area contributed by atoms with Crippen LogP contribution in [0, 0.1) is 0 Å². The van der Waals surface area contributed by atoms with E-state index in [1.165, 1.54) is 0 Å². The first-order valence-corrected chi connectivity index (χ1v) is 5.33. The zero-order valence-electron chi connectivity index (χ0n) is 9.23. The summed E-state index contributed by atoms with van der Waals surface area (Å²) in [6, 6.07) is 8.92. The van der Waals surface area contributed by atoms with Crippen LogP contribution < -0.4 is 5.32 Å². The summed E-state index contributed by atoms with van der Waals surface area (Å²) < 4.78 is 10.8. The topological polar surface area (TPSA) is 47.6 Å². The fraction of sp³-hybridized carbons (Fsp3) is 0.417. The lowest BCUT2D eigenvalue weighted by molar-refractivity contribution is -0.201. The van der Waals surface area contributed by atoms with E-state index in [0.717, 1.165) is 6.54 Å². The van der Waals surface area contributed by atoms with Crippen LogP contribution in [0.25, 0.3) is 0 Å². The lowest BCUT2D eigenvalue weighted by Gasteiger charge is -2.33. The van der Waals surface area contributed by atoms with Gasteiger partial charge in [-0.3, -0.25) is 0 Å². The summed E-state index contributed by atoms with van der Waals surface area (Å²) in [5.74, 6) is -1.21. The van der Waals surface area contributed by atoms with E-state index < -0.39 is 5.79 Å². The molecule has 1 fully saturated rings. The minimum atomic E-state index is -0.856. The molecule has 0 radical (unpaired) electrons. The van der Waals surface area contributed by atoms with Crippen LogP contribution >= 0.6 is 0 Å². The number of carbonyl (C=O) groups excluding carboxylic acids is 1. The van der Waals surface area contributed by atoms with E-state index in [4.69, 9.17) is 9.47 Å². The van der Waals surface area contributed by atoms with Crippen molar-refractivity contribution >= 4 is 5.97 Å². The second-order valence-corrected chi connectivity index (χ2v) is 3.91. The summed E-state index contributed by atoms with van der Waals surface area (Å²) >= 11 is 0. The Hall–Kier alpha value is -1.39. The van der Waals surface area contributed by atoms with Gasteiger partial charge in [0.1, 0.15) is 0 Å². The third-order valence-electron chi connectivity index (χ3n) is 2.45. The minimum Gasteiger partial charge on any atom is -0.428 e. The molecule has 0 bridgehead atoms. The van der Waals surface area contributed by atoms with Gasteiger partial charge in [-0.25, -0.2) is 4.79 Å². The smallest absolute Gasteiger partial charge is 0.340 e. The number of ether oxygens (including phenoxy) is 2. The number of carbonyl (C=O) groups is 1. The number of nitrogens with one attached hydrogen (secondary N) is 1. The highest BCUT2D eigenvalue weighted by atomic mass is 16.7. The quantitative estimate of drug-likeness (QED) is 0.762. The normalized spacial score (nSPS) is 25.1. The molecule has 4 nitrogen and oxygen atoms in total. The highest BCUT2D eigenvalue weighted by molar-refractivity contribution is 5.89. The summed E-state index contributed by atoms with van der Waals surface area (Å²) in [6.07, 6.45) is 0. The Kier molecular flexibility index (Phi) is 3.22. The molecule has 1 saturated heterocycles. The molecule has 86 valence electrons. The first-order valence-electron chi connectivity index (χ1n) is 5.33. The van der Waals surface area contributed by atoms with Gasteiger partial charge in [0.05, 0.1) is 18.7 Å². The molecule has 2 rings (SSSR count). The van der Waals surface area contributed by atoms with E-state index in [9.17, 15) is 4.79 Å². The Bertz CT molecular complexity index is 358. The SMILES string of the molecule is C[C@]1(OC(=O)c2ccccc2)CNCCO1. The van der Waals surface area contributed by atoms with Gasteiger partial charge in [-0.15, -0.1) is 0 Å². The van der Waals surface area contributed by atoms with E-state index in [2.05, 4.69) is 5.32 Å². The number of hydrogen-bond acceptors (Lipinski definition) is 4. The first kappa shape index (κ1) is 11.1. The summed E-state index contributed by atoms with van der Waals surface area (Å²) in [6.45, 7) is 3.63. The highest BCUT2D eigenvalue weighted by Crippen LogP contribution is 2.16. The van der Waals surface area contributed by atoms with Gasteiger partial charge in [0, 0.05) is 13.5 Å². The van der Waals surface area contributed by atoms with Gasteiger partial charge in [-0.1, -0.05) is 18.2 Å². The van der Waals surface area contributed by atoms with Gasteiger partial charge >= 0.3 is 5.97 Å². The zero-order chi connectivity index (χ0) is 11.4. The van der Waals surface area contributed by atoms with Gasteiger partial charge in [0.15, 0.2) is 0 Å². The van der Waals surface area contributed by atoms with Crippen molar-refractivity contribution in [3.63, 3.8) is 0 Å². The summed E-state index contributed by atoms with van der Waals surface area (Å²) in [4.78, 5) is 11.8. The summed E-state index contributed by atoms with van der Waals surface area (Å²) in [5.41, 5.74) is 0.540. The standard InChI is InChI=1S/C12H15NO3/c1-12(9-13-7-8-15-12)16-11(14)10-5-3-2-4-6-10/h2-6,13H,7-9H2,1H3/t12-/m0/s1. The lowest BCUT2D eigenvalue weighted by atomic mass is 10.2. The van der Waals surface area contributed by atoms with E-state index in [1.807, 2.05) is 6.07 Å². The Morgan fingerprint density at radius 2 is 2.19 bits per heavy atom. The first-order chi connectivity index (χ1) is 7.70. The molecule has 1 aliphatic rings. The molecule has 1 N–H and O–H groups in total. The van der Waals surface area contributed by atoms with Crippen molar-refractivity contribution in [1.29, 1.82) is 0 Å². The third kappa shape index (κ3) is 2.59. The molecule has 1 aromatic rings. The number of hydrogen-bond donors (Lipinski definition) is 1. The van der Waals surface area contributed by atoms with Gasteiger partial charge in [-0.05, 0) is 12.1 Å². The van der Waals surface area contributed by atoms with E-state index in [1.54, 1.807) is 31.2 Å². The second kappa shape index (κ2) is 4.63. The number of morpholine rings is 1. The molecule has 16 heavy (non-hydrogen) atoms. The van der Waals surface area contributed by atoms with Crippen LogP contribution in [0.1, 0.15) is 17.3 Å². The molecule has 1 aromatic carbocycles. The van der Waals surface area contributed by atoms with Gasteiger partial charge in [-0.2, -0.15) is 0 Å². The van der Waals surface area contributed by atoms with Gasteiger partial charge < -0.3 is 14.8 Å². The molecule has 0 unspecified atom stereocenters. The molecule has 1 atom stereocenters. The highest BCUT2D eigenvalue weighted by Gasteiger charge is 2.32. The van der Waals surface area contributed by atoms with Crippen molar-refractivity contribution in [2.45, 2.75) is 12.7 Å². The zero-order valence-corrected chi connectivity index (χ0v) is 9.23. The van der Waals surface area contributed by atoms with Crippen LogP contribution in [-0.2, 0) is 9.47 Å². The number of benzene rings is 1. The Balaban J connectivity index is 2.01. The van der Waals surface area contributed by atoms with Crippen molar-refractivity contribution < 1.29 is 14.3 Å². The second-order valence-electron chi connectivity index (χ2n) is 3.91. The van der Waals surface area contributed by atoms with Crippen LogP contribution in [0.15, 0.2) is 30.3 Å².